The molecule has 0 amide bonds. The van der Waals surface area contributed by atoms with Gasteiger partial charge in [0.25, 0.3) is 5.69 Å². The van der Waals surface area contributed by atoms with E-state index in [0.29, 0.717) is 5.56 Å². The van der Waals surface area contributed by atoms with Gasteiger partial charge in [0.1, 0.15) is 0 Å². The quantitative estimate of drug-likeness (QED) is 0.618. The molecule has 0 aliphatic carbocycles. The van der Waals surface area contributed by atoms with Crippen molar-refractivity contribution in [2.75, 3.05) is 0 Å². The lowest BCUT2D eigenvalue weighted by Crippen LogP contribution is -1.88. The Balaban J connectivity index is 0. The summed E-state index contributed by atoms with van der Waals surface area (Å²) in [5, 5.41) is 18.7. The van der Waals surface area contributed by atoms with E-state index in [9.17, 15) is 10.1 Å². The van der Waals surface area contributed by atoms with E-state index in [1.54, 1.807) is 0 Å². The molecule has 0 saturated heterocycles. The van der Waals surface area contributed by atoms with Crippen LogP contribution in [0.4, 0.5) is 5.69 Å². The van der Waals surface area contributed by atoms with Crippen LogP contribution in [0.3, 0.4) is 0 Å². The molecular weight excluding hydrogens is 217 g/mol. The zero-order valence-corrected chi connectivity index (χ0v) is 8.18. The van der Waals surface area contributed by atoms with Gasteiger partial charge in [-0.3, -0.25) is 10.1 Å². The molecule has 0 heterocycles. The number of nitro groups is 1. The van der Waals surface area contributed by atoms with Gasteiger partial charge in [0.15, 0.2) is 0 Å². The first-order valence-electron chi connectivity index (χ1n) is 3.08. The largest absolute Gasteiger partial charge is 0.392 e. The maximum Gasteiger partial charge on any atom is 0.269 e. The lowest BCUT2D eigenvalue weighted by atomic mass is 10.2. The molecule has 0 radical (unpaired) electrons. The van der Waals surface area contributed by atoms with E-state index in [1.165, 1.54) is 24.3 Å². The highest BCUT2D eigenvalue weighted by molar-refractivity contribution is 5.85. The first kappa shape index (κ1) is 14.7. The maximum atomic E-state index is 10.1. The van der Waals surface area contributed by atoms with Crippen LogP contribution in [-0.2, 0) is 6.61 Å². The number of non-ortho nitro benzene ring substituents is 1. The fourth-order valence-corrected chi connectivity index (χ4v) is 0.723. The van der Waals surface area contributed by atoms with Crippen molar-refractivity contribution < 1.29 is 10.0 Å². The second-order valence-electron chi connectivity index (χ2n) is 2.08. The molecule has 1 aromatic rings. The van der Waals surface area contributed by atoms with Crippen molar-refractivity contribution in [1.82, 2.24) is 0 Å². The van der Waals surface area contributed by atoms with Gasteiger partial charge in [0, 0.05) is 12.1 Å². The zero-order chi connectivity index (χ0) is 8.27. The molecule has 4 nitrogen and oxygen atoms in total. The van der Waals surface area contributed by atoms with E-state index in [2.05, 4.69) is 0 Å². The standard InChI is InChI=1S/C7H7NO3.2ClH/c9-5-6-1-3-7(4-2-6)8(10)11;;/h1-4,9H,5H2;2*1H. The number of halogens is 2. The van der Waals surface area contributed by atoms with Crippen LogP contribution in [0.5, 0.6) is 0 Å². The number of hydrogen-bond donors (Lipinski definition) is 1. The first-order chi connectivity index (χ1) is 5.24. The molecule has 0 saturated carbocycles. The van der Waals surface area contributed by atoms with Crippen LogP contribution in [0.15, 0.2) is 24.3 Å². The molecule has 1 rings (SSSR count). The minimum atomic E-state index is -0.471. The van der Waals surface area contributed by atoms with E-state index in [0.717, 1.165) is 0 Å². The van der Waals surface area contributed by atoms with Crippen molar-refractivity contribution in [2.24, 2.45) is 0 Å². The van der Waals surface area contributed by atoms with Crippen LogP contribution in [0.2, 0.25) is 0 Å². The number of aliphatic hydroxyl groups is 1. The van der Waals surface area contributed by atoms with E-state index >= 15 is 0 Å². The molecule has 0 unspecified atom stereocenters. The van der Waals surface area contributed by atoms with Crippen LogP contribution < -0.4 is 0 Å². The minimum absolute atomic E-state index is 0. The monoisotopic (exact) mass is 225 g/mol. The average Bonchev–Trinajstić information content (AvgIpc) is 2.05. The summed E-state index contributed by atoms with van der Waals surface area (Å²) in [5.41, 5.74) is 0.720. The van der Waals surface area contributed by atoms with Gasteiger partial charge in [-0.1, -0.05) is 0 Å². The van der Waals surface area contributed by atoms with Gasteiger partial charge in [0.2, 0.25) is 0 Å². The van der Waals surface area contributed by atoms with Crippen molar-refractivity contribution >= 4 is 30.5 Å². The topological polar surface area (TPSA) is 63.4 Å². The lowest BCUT2D eigenvalue weighted by molar-refractivity contribution is -0.384. The number of benzene rings is 1. The second-order valence-corrected chi connectivity index (χ2v) is 2.08. The Bertz CT molecular complexity index is 263. The Labute approximate surface area is 87.5 Å². The van der Waals surface area contributed by atoms with Crippen LogP contribution in [0.25, 0.3) is 0 Å². The number of rotatable bonds is 2. The molecule has 13 heavy (non-hydrogen) atoms. The maximum absolute atomic E-state index is 10.1. The molecular formula is C7H9Cl2NO3. The number of hydrogen-bond acceptors (Lipinski definition) is 3. The Kier molecular flexibility index (Phi) is 7.51. The Morgan fingerprint density at radius 2 is 1.69 bits per heavy atom. The average molecular weight is 226 g/mol. The Morgan fingerprint density at radius 3 is 2.00 bits per heavy atom. The third-order valence-corrected chi connectivity index (χ3v) is 1.33. The summed E-state index contributed by atoms with van der Waals surface area (Å²) >= 11 is 0. The Morgan fingerprint density at radius 1 is 1.23 bits per heavy atom. The summed E-state index contributed by atoms with van der Waals surface area (Å²) in [6.45, 7) is -0.0853. The molecule has 0 spiro atoms. The third kappa shape index (κ3) is 4.07. The predicted octanol–water partition coefficient (Wildman–Crippen LogP) is 1.93. The van der Waals surface area contributed by atoms with E-state index in [4.69, 9.17) is 5.11 Å². The van der Waals surface area contributed by atoms with Gasteiger partial charge >= 0.3 is 0 Å². The van der Waals surface area contributed by atoms with Crippen LogP contribution in [0, 0.1) is 10.1 Å². The highest BCUT2D eigenvalue weighted by Gasteiger charge is 2.02. The number of aliphatic hydroxyl groups excluding tert-OH is 1. The van der Waals surface area contributed by atoms with Gasteiger partial charge in [-0.25, -0.2) is 0 Å². The SMILES string of the molecule is Cl.Cl.O=[N+]([O-])c1ccc(CO)cc1. The van der Waals surface area contributed by atoms with Gasteiger partial charge in [-0.15, -0.1) is 24.8 Å². The summed E-state index contributed by atoms with van der Waals surface area (Å²) in [6.07, 6.45) is 0. The van der Waals surface area contributed by atoms with Crippen molar-refractivity contribution in [3.8, 4) is 0 Å². The summed E-state index contributed by atoms with van der Waals surface area (Å²) in [4.78, 5) is 9.67. The molecule has 1 N–H and O–H groups in total. The molecule has 0 bridgehead atoms. The first-order valence-corrected chi connectivity index (χ1v) is 3.08. The number of nitrogens with zero attached hydrogens (tertiary/aromatic N) is 1. The molecule has 6 heteroatoms. The summed E-state index contributed by atoms with van der Waals surface area (Å²) in [6, 6.07) is 5.79. The molecule has 1 aromatic carbocycles. The fourth-order valence-electron chi connectivity index (χ4n) is 0.723. The molecule has 0 fully saturated rings. The predicted molar refractivity (Wildman–Crippen MR) is 53.5 cm³/mol. The zero-order valence-electron chi connectivity index (χ0n) is 6.54. The van der Waals surface area contributed by atoms with Gasteiger partial charge in [-0.2, -0.15) is 0 Å². The van der Waals surface area contributed by atoms with Crippen LogP contribution in [0.1, 0.15) is 5.56 Å². The summed E-state index contributed by atoms with van der Waals surface area (Å²) in [7, 11) is 0. The normalized spacial score (nSPS) is 8.08. The van der Waals surface area contributed by atoms with E-state index in [1.807, 2.05) is 0 Å². The summed E-state index contributed by atoms with van der Waals surface area (Å²) in [5.74, 6) is 0. The molecule has 74 valence electrons. The molecule has 0 aliphatic rings. The van der Waals surface area contributed by atoms with Gasteiger partial charge in [-0.05, 0) is 17.7 Å². The van der Waals surface area contributed by atoms with Crippen molar-refractivity contribution in [2.45, 2.75) is 6.61 Å². The molecule has 0 aliphatic heterocycles. The highest BCUT2D eigenvalue weighted by Crippen LogP contribution is 2.11. The summed E-state index contributed by atoms with van der Waals surface area (Å²) < 4.78 is 0. The molecule has 0 atom stereocenters. The van der Waals surface area contributed by atoms with Gasteiger partial charge in [0.05, 0.1) is 11.5 Å². The van der Waals surface area contributed by atoms with Crippen molar-refractivity contribution in [3.05, 3.63) is 39.9 Å². The fraction of sp³-hybridized carbons (Fsp3) is 0.143. The van der Waals surface area contributed by atoms with E-state index < -0.39 is 4.92 Å². The third-order valence-electron chi connectivity index (χ3n) is 1.33. The van der Waals surface area contributed by atoms with Crippen molar-refractivity contribution in [1.29, 1.82) is 0 Å². The van der Waals surface area contributed by atoms with Crippen LogP contribution in [-0.4, -0.2) is 10.0 Å². The van der Waals surface area contributed by atoms with Gasteiger partial charge < -0.3 is 5.11 Å². The van der Waals surface area contributed by atoms with E-state index in [-0.39, 0.29) is 37.1 Å². The smallest absolute Gasteiger partial charge is 0.269 e. The Hall–Kier alpha value is -0.840. The van der Waals surface area contributed by atoms with Crippen molar-refractivity contribution in [3.63, 3.8) is 0 Å². The minimum Gasteiger partial charge on any atom is -0.392 e. The highest BCUT2D eigenvalue weighted by atomic mass is 35.5. The number of nitro benzene ring substituents is 1. The lowest BCUT2D eigenvalue weighted by Gasteiger charge is -1.93. The molecule has 0 aromatic heterocycles. The second kappa shape index (κ2) is 6.65. The van der Waals surface area contributed by atoms with Crippen LogP contribution >= 0.6 is 24.8 Å².